The van der Waals surface area contributed by atoms with Gasteiger partial charge >= 0.3 is 0 Å². The van der Waals surface area contributed by atoms with Gasteiger partial charge in [0.15, 0.2) is 5.69 Å². The van der Waals surface area contributed by atoms with Crippen LogP contribution in [-0.2, 0) is 7.05 Å². The Labute approximate surface area is 205 Å². The van der Waals surface area contributed by atoms with Crippen LogP contribution in [-0.4, -0.2) is 44.6 Å². The maximum absolute atomic E-state index is 12.6. The second-order valence-corrected chi connectivity index (χ2v) is 8.87. The maximum atomic E-state index is 12.6. The lowest BCUT2D eigenvalue weighted by molar-refractivity contribution is 0.0994. The molecule has 0 atom stereocenters. The number of hydrogen-bond acceptors (Lipinski definition) is 4. The number of primary amides is 1. The zero-order chi connectivity index (χ0) is 24.4. The summed E-state index contributed by atoms with van der Waals surface area (Å²) in [7, 11) is 1.97. The number of benzene rings is 2. The molecule has 35 heavy (non-hydrogen) atoms. The first-order valence-corrected chi connectivity index (χ1v) is 11.9. The van der Waals surface area contributed by atoms with Crippen molar-refractivity contribution in [3.8, 4) is 34.6 Å². The van der Waals surface area contributed by atoms with Crippen molar-refractivity contribution < 1.29 is 9.53 Å². The lowest BCUT2D eigenvalue weighted by Gasteiger charge is -2.30. The largest absolute Gasteiger partial charge is 0.457 e. The van der Waals surface area contributed by atoms with Gasteiger partial charge in [0.25, 0.3) is 5.91 Å². The predicted octanol–water partition coefficient (Wildman–Crippen LogP) is 4.43. The summed E-state index contributed by atoms with van der Waals surface area (Å²) in [6.45, 7) is 4.69. The minimum Gasteiger partial charge on any atom is -0.457 e. The zero-order valence-electron chi connectivity index (χ0n) is 20.1. The van der Waals surface area contributed by atoms with Crippen molar-refractivity contribution in [2.75, 3.05) is 19.6 Å². The molecule has 2 aromatic heterocycles. The van der Waals surface area contributed by atoms with E-state index in [2.05, 4.69) is 21.8 Å². The molecule has 4 aromatic rings. The summed E-state index contributed by atoms with van der Waals surface area (Å²) in [5.41, 5.74) is 9.96. The number of rotatable bonds is 6. The molecule has 1 aliphatic heterocycles. The Bertz CT molecular complexity index is 1400. The van der Waals surface area contributed by atoms with E-state index in [-0.39, 0.29) is 0 Å². The number of aryl methyl sites for hydroxylation is 1. The van der Waals surface area contributed by atoms with Crippen LogP contribution in [0.25, 0.3) is 16.9 Å². The van der Waals surface area contributed by atoms with Gasteiger partial charge in [0, 0.05) is 18.2 Å². The average Bonchev–Trinajstić information content (AvgIpc) is 3.43. The van der Waals surface area contributed by atoms with Crippen molar-refractivity contribution in [3.63, 3.8) is 0 Å². The van der Waals surface area contributed by atoms with Gasteiger partial charge in [-0.1, -0.05) is 24.1 Å². The molecule has 0 radical (unpaired) electrons. The molecule has 178 valence electrons. The fourth-order valence-electron chi connectivity index (χ4n) is 4.96. The van der Waals surface area contributed by atoms with E-state index < -0.39 is 5.91 Å². The number of imidazole rings is 1. The van der Waals surface area contributed by atoms with Gasteiger partial charge in [-0.2, -0.15) is 5.10 Å². The Morgan fingerprint density at radius 1 is 1.09 bits per heavy atom. The highest BCUT2D eigenvalue weighted by molar-refractivity contribution is 5.99. The van der Waals surface area contributed by atoms with E-state index in [0.717, 1.165) is 66.4 Å². The second kappa shape index (κ2) is 9.69. The highest BCUT2D eigenvalue weighted by Crippen LogP contribution is 2.35. The predicted molar refractivity (Wildman–Crippen MR) is 136 cm³/mol. The number of nitrogens with two attached hydrogens (primary N) is 1. The van der Waals surface area contributed by atoms with Crippen molar-refractivity contribution in [2.24, 2.45) is 12.8 Å². The average molecular weight is 468 g/mol. The molecule has 7 heteroatoms. The van der Waals surface area contributed by atoms with Gasteiger partial charge in [-0.15, -0.1) is 5.92 Å². The number of nitrogens with zero attached hydrogens (tertiary/aromatic N) is 4. The molecule has 1 saturated heterocycles. The molecule has 7 nitrogen and oxygen atoms in total. The van der Waals surface area contributed by atoms with Crippen LogP contribution >= 0.6 is 0 Å². The van der Waals surface area contributed by atoms with Crippen LogP contribution in [0.15, 0.2) is 60.8 Å². The molecule has 2 N–H and O–H groups in total. The topological polar surface area (TPSA) is 77.8 Å². The lowest BCUT2D eigenvalue weighted by Crippen LogP contribution is -2.33. The number of carbonyl (C=O) groups excluding carboxylic acids is 1. The van der Waals surface area contributed by atoms with Gasteiger partial charge < -0.3 is 15.0 Å². The highest BCUT2D eigenvalue weighted by Gasteiger charge is 2.29. The van der Waals surface area contributed by atoms with Crippen molar-refractivity contribution >= 4 is 11.6 Å². The third-order valence-electron chi connectivity index (χ3n) is 6.71. The molecule has 1 aliphatic rings. The highest BCUT2D eigenvalue weighted by atomic mass is 16.5. The molecule has 1 amide bonds. The van der Waals surface area contributed by atoms with E-state index in [1.165, 1.54) is 0 Å². The number of fused-ring (bicyclic) bond motifs is 1. The normalized spacial score (nSPS) is 14.6. The SMILES string of the molecule is CC#CCN1CCC(c2cnn3c(C(N)=O)c(-c4ccc(Oc5ccccc5)cc4)n(C)c23)CC1. The van der Waals surface area contributed by atoms with E-state index in [1.54, 1.807) is 4.52 Å². The van der Waals surface area contributed by atoms with Crippen LogP contribution in [0.2, 0.25) is 0 Å². The molecule has 0 aliphatic carbocycles. The van der Waals surface area contributed by atoms with Crippen LogP contribution in [0.3, 0.4) is 0 Å². The van der Waals surface area contributed by atoms with Gasteiger partial charge in [0.05, 0.1) is 18.4 Å². The number of ether oxygens (including phenoxy) is 1. The van der Waals surface area contributed by atoms with Crippen LogP contribution in [0.1, 0.15) is 41.7 Å². The first-order chi connectivity index (χ1) is 17.1. The first-order valence-electron chi connectivity index (χ1n) is 11.9. The summed E-state index contributed by atoms with van der Waals surface area (Å²) in [5.74, 6) is 7.50. The molecule has 0 unspecified atom stereocenters. The Morgan fingerprint density at radius 2 is 1.77 bits per heavy atom. The molecule has 0 bridgehead atoms. The molecule has 5 rings (SSSR count). The lowest BCUT2D eigenvalue weighted by atomic mass is 9.91. The molecular weight excluding hydrogens is 438 g/mol. The van der Waals surface area contributed by atoms with Gasteiger partial charge in [-0.25, -0.2) is 4.52 Å². The van der Waals surface area contributed by atoms with Crippen LogP contribution in [0.4, 0.5) is 0 Å². The molecule has 0 spiro atoms. The summed E-state index contributed by atoms with van der Waals surface area (Å²) in [6, 6.07) is 17.3. The summed E-state index contributed by atoms with van der Waals surface area (Å²) in [4.78, 5) is 15.0. The number of carbonyl (C=O) groups is 1. The van der Waals surface area contributed by atoms with Crippen LogP contribution < -0.4 is 10.5 Å². The fraction of sp³-hybridized carbons (Fsp3) is 0.286. The minimum absolute atomic E-state index is 0.377. The third kappa shape index (κ3) is 4.41. The molecule has 2 aromatic carbocycles. The molecule has 3 heterocycles. The Morgan fingerprint density at radius 3 is 2.43 bits per heavy atom. The zero-order valence-corrected chi connectivity index (χ0v) is 20.1. The number of aromatic nitrogens is 3. The quantitative estimate of drug-likeness (QED) is 0.426. The summed E-state index contributed by atoms with van der Waals surface area (Å²) in [5, 5.41) is 4.60. The number of hydrogen-bond donors (Lipinski definition) is 1. The monoisotopic (exact) mass is 467 g/mol. The Hall–Kier alpha value is -4.02. The smallest absolute Gasteiger partial charge is 0.269 e. The molecule has 0 saturated carbocycles. The van der Waals surface area contributed by atoms with Crippen molar-refractivity contribution in [3.05, 3.63) is 72.1 Å². The number of likely N-dealkylation sites (tertiary alicyclic amines) is 1. The third-order valence-corrected chi connectivity index (χ3v) is 6.71. The van der Waals surface area contributed by atoms with Gasteiger partial charge in [0.1, 0.15) is 17.1 Å². The van der Waals surface area contributed by atoms with Gasteiger partial charge in [-0.05, 0) is 75.2 Å². The summed E-state index contributed by atoms with van der Waals surface area (Å²) >= 11 is 0. The van der Waals surface area contributed by atoms with E-state index >= 15 is 0 Å². The van der Waals surface area contributed by atoms with E-state index in [4.69, 9.17) is 10.5 Å². The number of amides is 1. The Kier molecular flexibility index (Phi) is 6.30. The van der Waals surface area contributed by atoms with E-state index in [1.807, 2.05) is 79.3 Å². The Balaban J connectivity index is 1.47. The van der Waals surface area contributed by atoms with E-state index in [0.29, 0.717) is 11.6 Å². The van der Waals surface area contributed by atoms with Crippen LogP contribution in [0, 0.1) is 11.8 Å². The van der Waals surface area contributed by atoms with Gasteiger partial charge in [-0.3, -0.25) is 9.69 Å². The second-order valence-electron chi connectivity index (χ2n) is 8.87. The fourth-order valence-corrected chi connectivity index (χ4v) is 4.96. The van der Waals surface area contributed by atoms with E-state index in [9.17, 15) is 4.79 Å². The van der Waals surface area contributed by atoms with Crippen molar-refractivity contribution in [2.45, 2.75) is 25.7 Å². The van der Waals surface area contributed by atoms with Crippen LogP contribution in [0.5, 0.6) is 11.5 Å². The van der Waals surface area contributed by atoms with Gasteiger partial charge in [0.2, 0.25) is 0 Å². The summed E-state index contributed by atoms with van der Waals surface area (Å²) in [6.07, 6.45) is 3.96. The summed E-state index contributed by atoms with van der Waals surface area (Å²) < 4.78 is 9.68. The van der Waals surface area contributed by atoms with Crippen molar-refractivity contribution in [1.29, 1.82) is 0 Å². The van der Waals surface area contributed by atoms with Crippen molar-refractivity contribution in [1.82, 2.24) is 19.1 Å². The molecular formula is C28H29N5O2. The standard InChI is InChI=1S/C28H29N5O2/c1-3-4-16-32-17-14-20(15-18-32)24-19-30-33-26(27(29)34)25(31(2)28(24)33)21-10-12-23(13-11-21)35-22-8-6-5-7-9-22/h5-13,19-20H,14-18H2,1-2H3,(H2,29,34). The molecule has 1 fully saturated rings. The minimum atomic E-state index is -0.502. The maximum Gasteiger partial charge on any atom is 0.269 e. The first kappa shape index (κ1) is 22.8. The number of piperidine rings is 1. The number of para-hydroxylation sites is 1.